The van der Waals surface area contributed by atoms with Crippen LogP contribution in [0.5, 0.6) is 17.4 Å². The number of benzene rings is 1. The molecule has 4 rings (SSSR count). The van der Waals surface area contributed by atoms with Gasteiger partial charge in [-0.2, -0.15) is 0 Å². The summed E-state index contributed by atoms with van der Waals surface area (Å²) in [7, 11) is 0. The lowest BCUT2D eigenvalue weighted by Crippen LogP contribution is -2.42. The molecule has 1 heterocycles. The van der Waals surface area contributed by atoms with Crippen molar-refractivity contribution in [1.82, 2.24) is 10.3 Å². The summed E-state index contributed by atoms with van der Waals surface area (Å²) in [5.41, 5.74) is 0. The summed E-state index contributed by atoms with van der Waals surface area (Å²) < 4.78 is 11.3. The molecule has 5 nitrogen and oxygen atoms in total. The second-order valence-corrected chi connectivity index (χ2v) is 7.73. The van der Waals surface area contributed by atoms with E-state index in [9.17, 15) is 4.79 Å². The van der Waals surface area contributed by atoms with Gasteiger partial charge < -0.3 is 14.8 Å². The van der Waals surface area contributed by atoms with Gasteiger partial charge in [-0.25, -0.2) is 4.98 Å². The van der Waals surface area contributed by atoms with E-state index < -0.39 is 0 Å². The molecule has 1 N–H and O–H groups in total. The molecule has 2 bridgehead atoms. The standard InChI is InChI=1S/C22H26N2O3/c1-15(20-13-16-5-6-17(20)12-16)24-21(25)14-26-18-7-9-19(10-8-18)27-22-4-2-3-11-23-22/h2-4,7-11,15-17,20H,5-6,12-14H2,1H3,(H,24,25)/t15-,16+,17+,20-/m1/s1. The number of carbonyl (C=O) groups excluding carboxylic acids is 1. The number of pyridine rings is 1. The largest absolute Gasteiger partial charge is 0.484 e. The molecule has 0 spiro atoms. The maximum atomic E-state index is 12.2. The van der Waals surface area contributed by atoms with E-state index in [1.807, 2.05) is 12.1 Å². The van der Waals surface area contributed by atoms with Gasteiger partial charge >= 0.3 is 0 Å². The third kappa shape index (κ3) is 4.41. The smallest absolute Gasteiger partial charge is 0.258 e. The average molecular weight is 366 g/mol. The Labute approximate surface area is 160 Å². The minimum atomic E-state index is -0.0564. The normalized spacial score (nSPS) is 24.4. The maximum absolute atomic E-state index is 12.2. The van der Waals surface area contributed by atoms with Gasteiger partial charge in [-0.15, -0.1) is 0 Å². The van der Waals surface area contributed by atoms with Gasteiger partial charge in [0.1, 0.15) is 11.5 Å². The lowest BCUT2D eigenvalue weighted by molar-refractivity contribution is -0.124. The number of rotatable bonds is 7. The molecule has 2 aromatic rings. The van der Waals surface area contributed by atoms with Crippen molar-refractivity contribution in [2.45, 2.75) is 38.6 Å². The van der Waals surface area contributed by atoms with Gasteiger partial charge in [-0.05, 0) is 74.3 Å². The zero-order valence-electron chi connectivity index (χ0n) is 15.6. The zero-order chi connectivity index (χ0) is 18.6. The Morgan fingerprint density at radius 2 is 1.96 bits per heavy atom. The number of amides is 1. The summed E-state index contributed by atoms with van der Waals surface area (Å²) in [6.07, 6.45) is 7.02. The molecule has 27 heavy (non-hydrogen) atoms. The van der Waals surface area contributed by atoms with Crippen molar-refractivity contribution in [3.05, 3.63) is 48.7 Å². The van der Waals surface area contributed by atoms with E-state index in [2.05, 4.69) is 17.2 Å². The first-order chi connectivity index (χ1) is 13.2. The van der Waals surface area contributed by atoms with Crippen molar-refractivity contribution < 1.29 is 14.3 Å². The number of hydrogen-bond acceptors (Lipinski definition) is 4. The van der Waals surface area contributed by atoms with Crippen LogP contribution in [0.1, 0.15) is 32.6 Å². The highest BCUT2D eigenvalue weighted by molar-refractivity contribution is 5.77. The van der Waals surface area contributed by atoms with Crippen LogP contribution in [0.25, 0.3) is 0 Å². The summed E-state index contributed by atoms with van der Waals surface area (Å²) in [4.78, 5) is 16.4. The Balaban J connectivity index is 1.23. The van der Waals surface area contributed by atoms with Crippen LogP contribution < -0.4 is 14.8 Å². The monoisotopic (exact) mass is 366 g/mol. The molecule has 1 amide bonds. The fraction of sp³-hybridized carbons (Fsp3) is 0.455. The highest BCUT2D eigenvalue weighted by Crippen LogP contribution is 2.49. The summed E-state index contributed by atoms with van der Waals surface area (Å²) in [6.45, 7) is 2.17. The highest BCUT2D eigenvalue weighted by atomic mass is 16.5. The van der Waals surface area contributed by atoms with Crippen molar-refractivity contribution in [2.24, 2.45) is 17.8 Å². The lowest BCUT2D eigenvalue weighted by Gasteiger charge is -2.28. The first-order valence-electron chi connectivity index (χ1n) is 9.78. The minimum absolute atomic E-state index is 0.0333. The summed E-state index contributed by atoms with van der Waals surface area (Å²) >= 11 is 0. The van der Waals surface area contributed by atoms with Crippen molar-refractivity contribution in [1.29, 1.82) is 0 Å². The molecule has 1 aromatic carbocycles. The number of aromatic nitrogens is 1. The Bertz CT molecular complexity index is 763. The second-order valence-electron chi connectivity index (χ2n) is 7.73. The molecule has 4 atom stereocenters. The number of fused-ring (bicyclic) bond motifs is 2. The molecule has 0 aliphatic heterocycles. The first-order valence-corrected chi connectivity index (χ1v) is 9.78. The molecule has 5 heteroatoms. The molecular formula is C22H26N2O3. The van der Waals surface area contributed by atoms with Crippen molar-refractivity contribution >= 4 is 5.91 Å². The number of ether oxygens (including phenoxy) is 2. The van der Waals surface area contributed by atoms with Crippen molar-refractivity contribution in [3.63, 3.8) is 0 Å². The van der Waals surface area contributed by atoms with Crippen LogP contribution in [0, 0.1) is 17.8 Å². The Morgan fingerprint density at radius 1 is 1.15 bits per heavy atom. The lowest BCUT2D eigenvalue weighted by atomic mass is 9.84. The molecule has 142 valence electrons. The van der Waals surface area contributed by atoms with Crippen LogP contribution in [0.2, 0.25) is 0 Å². The number of carbonyl (C=O) groups is 1. The van der Waals surface area contributed by atoms with Gasteiger partial charge in [0.05, 0.1) is 0 Å². The minimum Gasteiger partial charge on any atom is -0.484 e. The van der Waals surface area contributed by atoms with Gasteiger partial charge in [-0.1, -0.05) is 12.5 Å². The first kappa shape index (κ1) is 17.8. The van der Waals surface area contributed by atoms with Crippen LogP contribution in [-0.4, -0.2) is 23.5 Å². The predicted molar refractivity (Wildman–Crippen MR) is 103 cm³/mol. The van der Waals surface area contributed by atoms with Gasteiger partial charge in [0.25, 0.3) is 5.91 Å². The average Bonchev–Trinajstić information content (AvgIpc) is 3.32. The van der Waals surface area contributed by atoms with E-state index in [4.69, 9.17) is 9.47 Å². The number of hydrogen-bond donors (Lipinski definition) is 1. The van der Waals surface area contributed by atoms with Gasteiger partial charge in [0, 0.05) is 18.3 Å². The molecule has 2 aliphatic carbocycles. The van der Waals surface area contributed by atoms with Crippen LogP contribution in [0.15, 0.2) is 48.7 Å². The topological polar surface area (TPSA) is 60.5 Å². The zero-order valence-corrected chi connectivity index (χ0v) is 15.6. The molecule has 2 saturated carbocycles. The van der Waals surface area contributed by atoms with Crippen LogP contribution >= 0.6 is 0 Å². The summed E-state index contributed by atoms with van der Waals surface area (Å²) in [6, 6.07) is 12.9. The van der Waals surface area contributed by atoms with Crippen molar-refractivity contribution in [3.8, 4) is 17.4 Å². The molecule has 0 radical (unpaired) electrons. The quantitative estimate of drug-likeness (QED) is 0.798. The molecular weight excluding hydrogens is 340 g/mol. The summed E-state index contributed by atoms with van der Waals surface area (Å²) in [5, 5.41) is 3.12. The Hall–Kier alpha value is -2.56. The van der Waals surface area contributed by atoms with Crippen LogP contribution in [-0.2, 0) is 4.79 Å². The number of nitrogens with one attached hydrogen (secondary N) is 1. The summed E-state index contributed by atoms with van der Waals surface area (Å²) in [5.74, 6) is 4.14. The van der Waals surface area contributed by atoms with Gasteiger partial charge in [0.15, 0.2) is 6.61 Å². The molecule has 2 aliphatic rings. The van der Waals surface area contributed by atoms with E-state index in [0.29, 0.717) is 23.3 Å². The Morgan fingerprint density at radius 3 is 2.63 bits per heavy atom. The van der Waals surface area contributed by atoms with Gasteiger partial charge in [-0.3, -0.25) is 4.79 Å². The van der Waals surface area contributed by atoms with Crippen LogP contribution in [0.4, 0.5) is 0 Å². The van der Waals surface area contributed by atoms with Crippen LogP contribution in [0.3, 0.4) is 0 Å². The van der Waals surface area contributed by atoms with E-state index >= 15 is 0 Å². The highest BCUT2D eigenvalue weighted by Gasteiger charge is 2.42. The fourth-order valence-corrected chi connectivity index (χ4v) is 4.59. The maximum Gasteiger partial charge on any atom is 0.258 e. The molecule has 2 fully saturated rings. The SMILES string of the molecule is C[C@@H](NC(=O)COc1ccc(Oc2ccccn2)cc1)[C@H]1C[C@H]2CC[C@H]1C2. The second kappa shape index (κ2) is 7.99. The molecule has 1 aromatic heterocycles. The molecule has 0 unspecified atom stereocenters. The fourth-order valence-electron chi connectivity index (χ4n) is 4.59. The van der Waals surface area contributed by atoms with E-state index in [0.717, 1.165) is 11.8 Å². The van der Waals surface area contributed by atoms with Crippen molar-refractivity contribution in [2.75, 3.05) is 6.61 Å². The third-order valence-electron chi connectivity index (χ3n) is 5.88. The Kier molecular flexibility index (Phi) is 5.28. The third-order valence-corrected chi connectivity index (χ3v) is 5.88. The van der Waals surface area contributed by atoms with E-state index in [-0.39, 0.29) is 18.6 Å². The van der Waals surface area contributed by atoms with Gasteiger partial charge in [0.2, 0.25) is 5.88 Å². The van der Waals surface area contributed by atoms with E-state index in [1.54, 1.807) is 36.5 Å². The van der Waals surface area contributed by atoms with E-state index in [1.165, 1.54) is 25.7 Å². The predicted octanol–water partition coefficient (Wildman–Crippen LogP) is 4.19. The molecule has 0 saturated heterocycles. The number of nitrogens with zero attached hydrogens (tertiary/aromatic N) is 1.